The van der Waals surface area contributed by atoms with Crippen LogP contribution in [-0.4, -0.2) is 31.0 Å². The van der Waals surface area contributed by atoms with Crippen LogP contribution in [0.3, 0.4) is 0 Å². The number of thiophene rings is 1. The van der Waals surface area contributed by atoms with Gasteiger partial charge in [-0.05, 0) is 5.56 Å². The molecule has 0 unspecified atom stereocenters. The highest BCUT2D eigenvalue weighted by Crippen LogP contribution is 2.23. The van der Waals surface area contributed by atoms with Crippen molar-refractivity contribution in [2.45, 2.75) is 6.54 Å². The molecule has 1 amide bonds. The van der Waals surface area contributed by atoms with Crippen LogP contribution in [0.4, 0.5) is 0 Å². The van der Waals surface area contributed by atoms with Gasteiger partial charge >= 0.3 is 0 Å². The third kappa shape index (κ3) is 3.59. The molecule has 0 aliphatic heterocycles. The van der Waals surface area contributed by atoms with Crippen molar-refractivity contribution in [3.05, 3.63) is 52.2 Å². The zero-order valence-electron chi connectivity index (χ0n) is 11.4. The maximum Gasteiger partial charge on any atom is 0.264 e. The fourth-order valence-electron chi connectivity index (χ4n) is 1.91. The van der Waals surface area contributed by atoms with Crippen molar-refractivity contribution in [2.24, 2.45) is 5.73 Å². The zero-order valence-corrected chi connectivity index (χ0v) is 12.2. The molecule has 2 N–H and O–H groups in total. The maximum absolute atomic E-state index is 12.5. The lowest BCUT2D eigenvalue weighted by Gasteiger charge is -2.21. The Morgan fingerprint density at radius 1 is 1.35 bits per heavy atom. The molecule has 0 radical (unpaired) electrons. The quantitative estimate of drug-likeness (QED) is 0.888. The Hall–Kier alpha value is -1.85. The van der Waals surface area contributed by atoms with Crippen molar-refractivity contribution in [1.29, 1.82) is 0 Å². The summed E-state index contributed by atoms with van der Waals surface area (Å²) in [5.41, 5.74) is 6.71. The molecule has 1 aromatic heterocycles. The molecule has 20 heavy (non-hydrogen) atoms. The van der Waals surface area contributed by atoms with Gasteiger partial charge in [-0.3, -0.25) is 4.79 Å². The molecule has 0 bridgehead atoms. The lowest BCUT2D eigenvalue weighted by Crippen LogP contribution is -2.34. The molecule has 1 heterocycles. The SMILES string of the molecule is COc1csc(C(=O)N(CCN)Cc2ccccc2)c1. The van der Waals surface area contributed by atoms with Crippen LogP contribution in [0.2, 0.25) is 0 Å². The monoisotopic (exact) mass is 290 g/mol. The largest absolute Gasteiger partial charge is 0.496 e. The number of ether oxygens (including phenoxy) is 1. The average Bonchev–Trinajstić information content (AvgIpc) is 2.96. The lowest BCUT2D eigenvalue weighted by atomic mass is 10.2. The van der Waals surface area contributed by atoms with Crippen LogP contribution in [0.5, 0.6) is 5.75 Å². The number of rotatable bonds is 6. The third-order valence-electron chi connectivity index (χ3n) is 2.92. The molecule has 0 saturated carbocycles. The van der Waals surface area contributed by atoms with Gasteiger partial charge in [-0.15, -0.1) is 11.3 Å². The van der Waals surface area contributed by atoms with E-state index in [1.807, 2.05) is 35.7 Å². The first-order chi connectivity index (χ1) is 9.74. The first-order valence-corrected chi connectivity index (χ1v) is 7.28. The van der Waals surface area contributed by atoms with Crippen molar-refractivity contribution < 1.29 is 9.53 Å². The average molecular weight is 290 g/mol. The van der Waals surface area contributed by atoms with Gasteiger partial charge in [0, 0.05) is 31.1 Å². The fourth-order valence-corrected chi connectivity index (χ4v) is 2.73. The molecule has 0 aliphatic rings. The number of hydrogen-bond acceptors (Lipinski definition) is 4. The normalized spacial score (nSPS) is 10.3. The third-order valence-corrected chi connectivity index (χ3v) is 3.82. The molecule has 1 aromatic carbocycles. The van der Waals surface area contributed by atoms with Gasteiger partial charge in [0.05, 0.1) is 12.0 Å². The Balaban J connectivity index is 2.13. The van der Waals surface area contributed by atoms with Crippen molar-refractivity contribution in [3.8, 4) is 5.75 Å². The Labute approximate surface area is 122 Å². The van der Waals surface area contributed by atoms with Gasteiger partial charge in [0.2, 0.25) is 0 Å². The standard InChI is InChI=1S/C15H18N2O2S/c1-19-13-9-14(20-11-13)15(18)17(8-7-16)10-12-5-3-2-4-6-12/h2-6,9,11H,7-8,10,16H2,1H3. The minimum Gasteiger partial charge on any atom is -0.496 e. The molecule has 0 aliphatic carbocycles. The summed E-state index contributed by atoms with van der Waals surface area (Å²) in [4.78, 5) is 14.9. The molecule has 106 valence electrons. The van der Waals surface area contributed by atoms with Crippen LogP contribution in [0.15, 0.2) is 41.8 Å². The highest BCUT2D eigenvalue weighted by molar-refractivity contribution is 7.12. The van der Waals surface area contributed by atoms with Crippen molar-refractivity contribution in [1.82, 2.24) is 4.90 Å². The van der Waals surface area contributed by atoms with E-state index in [4.69, 9.17) is 10.5 Å². The molecule has 0 spiro atoms. The van der Waals surface area contributed by atoms with Gasteiger partial charge in [0.1, 0.15) is 5.75 Å². The second-order valence-electron chi connectivity index (χ2n) is 4.35. The van der Waals surface area contributed by atoms with E-state index in [2.05, 4.69) is 0 Å². The number of amides is 1. The van der Waals surface area contributed by atoms with Crippen molar-refractivity contribution in [3.63, 3.8) is 0 Å². The number of carbonyl (C=O) groups excluding carboxylic acids is 1. The van der Waals surface area contributed by atoms with Gasteiger partial charge in [0.25, 0.3) is 5.91 Å². The second kappa shape index (κ2) is 7.07. The Kier molecular flexibility index (Phi) is 5.15. The smallest absolute Gasteiger partial charge is 0.264 e. The Bertz CT molecular complexity index is 554. The molecule has 4 nitrogen and oxygen atoms in total. The summed E-state index contributed by atoms with van der Waals surface area (Å²) in [7, 11) is 1.60. The number of nitrogens with two attached hydrogens (primary N) is 1. The van der Waals surface area contributed by atoms with E-state index in [1.165, 1.54) is 11.3 Å². The van der Waals surface area contributed by atoms with Crippen LogP contribution >= 0.6 is 11.3 Å². The highest BCUT2D eigenvalue weighted by atomic mass is 32.1. The predicted molar refractivity (Wildman–Crippen MR) is 81.1 cm³/mol. The van der Waals surface area contributed by atoms with Crippen LogP contribution in [0.1, 0.15) is 15.2 Å². The molecule has 0 fully saturated rings. The number of benzene rings is 1. The van der Waals surface area contributed by atoms with E-state index in [0.29, 0.717) is 30.3 Å². The van der Waals surface area contributed by atoms with Gasteiger partial charge < -0.3 is 15.4 Å². The van der Waals surface area contributed by atoms with Crippen LogP contribution in [0, 0.1) is 0 Å². The van der Waals surface area contributed by atoms with Gasteiger partial charge in [-0.2, -0.15) is 0 Å². The maximum atomic E-state index is 12.5. The lowest BCUT2D eigenvalue weighted by molar-refractivity contribution is 0.0753. The van der Waals surface area contributed by atoms with Crippen molar-refractivity contribution in [2.75, 3.05) is 20.2 Å². The second-order valence-corrected chi connectivity index (χ2v) is 5.26. The number of hydrogen-bond donors (Lipinski definition) is 1. The molecule has 0 saturated heterocycles. The van der Waals surface area contributed by atoms with Crippen LogP contribution < -0.4 is 10.5 Å². The minimum atomic E-state index is -0.00685. The zero-order chi connectivity index (χ0) is 14.4. The summed E-state index contributed by atoms with van der Waals surface area (Å²) in [6.07, 6.45) is 0. The van der Waals surface area contributed by atoms with Gasteiger partial charge in [0.15, 0.2) is 0 Å². The fraction of sp³-hybridized carbons (Fsp3) is 0.267. The van der Waals surface area contributed by atoms with E-state index in [9.17, 15) is 4.79 Å². The number of nitrogens with zero attached hydrogens (tertiary/aromatic N) is 1. The summed E-state index contributed by atoms with van der Waals surface area (Å²) in [6, 6.07) is 11.7. The van der Waals surface area contributed by atoms with E-state index in [-0.39, 0.29) is 5.91 Å². The topological polar surface area (TPSA) is 55.6 Å². The summed E-state index contributed by atoms with van der Waals surface area (Å²) in [5, 5.41) is 1.83. The van der Waals surface area contributed by atoms with E-state index >= 15 is 0 Å². The van der Waals surface area contributed by atoms with Crippen molar-refractivity contribution >= 4 is 17.2 Å². The first kappa shape index (κ1) is 14.6. The number of carbonyl (C=O) groups is 1. The van der Waals surface area contributed by atoms with Crippen LogP contribution in [-0.2, 0) is 6.54 Å². The Morgan fingerprint density at radius 3 is 2.70 bits per heavy atom. The van der Waals surface area contributed by atoms with Crippen LogP contribution in [0.25, 0.3) is 0 Å². The molecule has 2 aromatic rings. The first-order valence-electron chi connectivity index (χ1n) is 6.40. The minimum absolute atomic E-state index is 0.00685. The van der Waals surface area contributed by atoms with E-state index in [1.54, 1.807) is 18.1 Å². The molecular formula is C15H18N2O2S. The predicted octanol–water partition coefficient (Wildman–Crippen LogP) is 2.36. The molecule has 2 rings (SSSR count). The highest BCUT2D eigenvalue weighted by Gasteiger charge is 2.17. The summed E-state index contributed by atoms with van der Waals surface area (Å²) in [5.74, 6) is 0.707. The summed E-state index contributed by atoms with van der Waals surface area (Å²) in [6.45, 7) is 1.55. The van der Waals surface area contributed by atoms with E-state index in [0.717, 1.165) is 5.56 Å². The molecule has 5 heteroatoms. The van der Waals surface area contributed by atoms with Gasteiger partial charge in [-0.1, -0.05) is 30.3 Å². The number of methoxy groups -OCH3 is 1. The summed E-state index contributed by atoms with van der Waals surface area (Å²) >= 11 is 1.39. The van der Waals surface area contributed by atoms with E-state index < -0.39 is 0 Å². The summed E-state index contributed by atoms with van der Waals surface area (Å²) < 4.78 is 5.12. The molecule has 0 atom stereocenters. The van der Waals surface area contributed by atoms with Gasteiger partial charge in [-0.25, -0.2) is 0 Å². The Morgan fingerprint density at radius 2 is 2.10 bits per heavy atom. The molecular weight excluding hydrogens is 272 g/mol.